The molecule has 0 aliphatic heterocycles. The van der Waals surface area contributed by atoms with Gasteiger partial charge in [0.1, 0.15) is 10.6 Å². The van der Waals surface area contributed by atoms with Crippen LogP contribution in [0.15, 0.2) is 54.6 Å². The van der Waals surface area contributed by atoms with Crippen molar-refractivity contribution in [2.75, 3.05) is 12.4 Å². The standard InChI is InChI=1S/C18H16N2O3S/c1-23-14-7-5-12(6-8-14)19-11-13-3-2-4-15(20-13)16-9-10-17(24-16)18(21)22/h2-10,19H,11H2,1H3,(H,21,22). The number of carboxylic acids is 1. The van der Waals surface area contributed by atoms with Crippen LogP contribution in [0.3, 0.4) is 0 Å². The molecule has 0 aliphatic rings. The highest BCUT2D eigenvalue weighted by Crippen LogP contribution is 2.27. The van der Waals surface area contributed by atoms with E-state index in [1.807, 2.05) is 42.5 Å². The number of pyridine rings is 1. The summed E-state index contributed by atoms with van der Waals surface area (Å²) in [6.07, 6.45) is 0. The van der Waals surface area contributed by atoms with Crippen LogP contribution in [-0.4, -0.2) is 23.2 Å². The van der Waals surface area contributed by atoms with Crippen LogP contribution in [0.5, 0.6) is 5.75 Å². The monoisotopic (exact) mass is 340 g/mol. The Kier molecular flexibility index (Phi) is 4.77. The number of aromatic carboxylic acids is 1. The maximum atomic E-state index is 11.0. The second kappa shape index (κ2) is 7.14. The second-order valence-corrected chi connectivity index (χ2v) is 6.15. The van der Waals surface area contributed by atoms with Crippen molar-refractivity contribution < 1.29 is 14.6 Å². The maximum Gasteiger partial charge on any atom is 0.345 e. The molecular formula is C18H16N2O3S. The zero-order chi connectivity index (χ0) is 16.9. The van der Waals surface area contributed by atoms with Crippen molar-refractivity contribution in [3.63, 3.8) is 0 Å². The fourth-order valence-corrected chi connectivity index (χ4v) is 3.02. The number of thiophene rings is 1. The van der Waals surface area contributed by atoms with E-state index in [1.165, 1.54) is 11.3 Å². The number of rotatable bonds is 6. The number of nitrogens with zero attached hydrogens (tertiary/aromatic N) is 1. The van der Waals surface area contributed by atoms with E-state index in [2.05, 4.69) is 10.3 Å². The van der Waals surface area contributed by atoms with Crippen molar-refractivity contribution in [3.05, 3.63) is 65.2 Å². The van der Waals surface area contributed by atoms with Crippen molar-refractivity contribution in [1.29, 1.82) is 0 Å². The Bertz CT molecular complexity index is 843. The molecule has 2 aromatic heterocycles. The van der Waals surface area contributed by atoms with Gasteiger partial charge in [-0.3, -0.25) is 4.98 Å². The highest BCUT2D eigenvalue weighted by Gasteiger charge is 2.09. The zero-order valence-corrected chi connectivity index (χ0v) is 13.8. The molecule has 5 nitrogen and oxygen atoms in total. The minimum atomic E-state index is -0.913. The lowest BCUT2D eigenvalue weighted by atomic mass is 10.2. The van der Waals surface area contributed by atoms with E-state index >= 15 is 0 Å². The molecular weight excluding hydrogens is 324 g/mol. The summed E-state index contributed by atoms with van der Waals surface area (Å²) in [5.74, 6) is -0.101. The van der Waals surface area contributed by atoms with Gasteiger partial charge >= 0.3 is 5.97 Å². The number of carboxylic acid groups (broad SMARTS) is 1. The van der Waals surface area contributed by atoms with Gasteiger partial charge in [-0.25, -0.2) is 4.79 Å². The summed E-state index contributed by atoms with van der Waals surface area (Å²) < 4.78 is 5.13. The highest BCUT2D eigenvalue weighted by atomic mass is 32.1. The molecule has 0 saturated carbocycles. The highest BCUT2D eigenvalue weighted by molar-refractivity contribution is 7.17. The Balaban J connectivity index is 1.71. The van der Waals surface area contributed by atoms with Gasteiger partial charge in [-0.15, -0.1) is 11.3 Å². The zero-order valence-electron chi connectivity index (χ0n) is 13.0. The number of methoxy groups -OCH3 is 1. The molecule has 0 aliphatic carbocycles. The first-order valence-electron chi connectivity index (χ1n) is 7.33. The Hall–Kier alpha value is -2.86. The molecule has 0 unspecified atom stereocenters. The van der Waals surface area contributed by atoms with Gasteiger partial charge in [0.25, 0.3) is 0 Å². The van der Waals surface area contributed by atoms with E-state index in [-0.39, 0.29) is 0 Å². The topological polar surface area (TPSA) is 71.5 Å². The van der Waals surface area contributed by atoms with Crippen LogP contribution in [-0.2, 0) is 6.54 Å². The van der Waals surface area contributed by atoms with E-state index in [1.54, 1.807) is 19.2 Å². The minimum Gasteiger partial charge on any atom is -0.497 e. The van der Waals surface area contributed by atoms with Crippen molar-refractivity contribution in [1.82, 2.24) is 4.98 Å². The molecule has 122 valence electrons. The van der Waals surface area contributed by atoms with Crippen LogP contribution in [0.2, 0.25) is 0 Å². The van der Waals surface area contributed by atoms with Gasteiger partial charge < -0.3 is 15.2 Å². The Morgan fingerprint density at radius 3 is 2.62 bits per heavy atom. The molecule has 2 heterocycles. The Morgan fingerprint density at radius 2 is 1.96 bits per heavy atom. The summed E-state index contributed by atoms with van der Waals surface area (Å²) in [5, 5.41) is 12.3. The quantitative estimate of drug-likeness (QED) is 0.706. The smallest absolute Gasteiger partial charge is 0.345 e. The van der Waals surface area contributed by atoms with Crippen LogP contribution < -0.4 is 10.1 Å². The van der Waals surface area contributed by atoms with Gasteiger partial charge in [0, 0.05) is 5.69 Å². The predicted molar refractivity (Wildman–Crippen MR) is 94.8 cm³/mol. The third-order valence-corrected chi connectivity index (χ3v) is 4.54. The molecule has 0 spiro atoms. The van der Waals surface area contributed by atoms with Gasteiger partial charge in [-0.2, -0.15) is 0 Å². The summed E-state index contributed by atoms with van der Waals surface area (Å²) in [6.45, 7) is 0.581. The largest absolute Gasteiger partial charge is 0.497 e. The first-order chi connectivity index (χ1) is 11.7. The summed E-state index contributed by atoms with van der Waals surface area (Å²) in [4.78, 5) is 16.7. The molecule has 0 amide bonds. The molecule has 3 rings (SSSR count). The fraction of sp³-hybridized carbons (Fsp3) is 0.111. The summed E-state index contributed by atoms with van der Waals surface area (Å²) in [7, 11) is 1.64. The van der Waals surface area contributed by atoms with Gasteiger partial charge in [0.15, 0.2) is 0 Å². The Morgan fingerprint density at radius 1 is 1.17 bits per heavy atom. The number of hydrogen-bond acceptors (Lipinski definition) is 5. The van der Waals surface area contributed by atoms with Gasteiger partial charge in [0.2, 0.25) is 0 Å². The first kappa shape index (κ1) is 16.0. The summed E-state index contributed by atoms with van der Waals surface area (Å²) in [6, 6.07) is 16.8. The molecule has 0 bridgehead atoms. The molecule has 0 fully saturated rings. The van der Waals surface area contributed by atoms with Crippen molar-refractivity contribution >= 4 is 23.0 Å². The molecule has 3 aromatic rings. The third kappa shape index (κ3) is 3.72. The molecule has 0 atom stereocenters. The van der Waals surface area contributed by atoms with Crippen molar-refractivity contribution in [2.24, 2.45) is 0 Å². The van der Waals surface area contributed by atoms with Crippen LogP contribution >= 0.6 is 11.3 Å². The Labute approximate surface area is 143 Å². The lowest BCUT2D eigenvalue weighted by Crippen LogP contribution is -2.01. The first-order valence-corrected chi connectivity index (χ1v) is 8.15. The van der Waals surface area contributed by atoms with E-state index in [0.29, 0.717) is 11.4 Å². The van der Waals surface area contributed by atoms with Crippen LogP contribution in [0.1, 0.15) is 15.4 Å². The SMILES string of the molecule is COc1ccc(NCc2cccc(-c3ccc(C(=O)O)s3)n2)cc1. The lowest BCUT2D eigenvalue weighted by Gasteiger charge is -2.08. The van der Waals surface area contributed by atoms with E-state index < -0.39 is 5.97 Å². The van der Waals surface area contributed by atoms with Gasteiger partial charge in [-0.1, -0.05) is 6.07 Å². The number of carbonyl (C=O) groups is 1. The average Bonchev–Trinajstić information content (AvgIpc) is 3.11. The second-order valence-electron chi connectivity index (χ2n) is 5.07. The van der Waals surface area contributed by atoms with Crippen LogP contribution in [0.4, 0.5) is 5.69 Å². The minimum absolute atomic E-state index is 0.313. The average molecular weight is 340 g/mol. The summed E-state index contributed by atoms with van der Waals surface area (Å²) in [5.41, 5.74) is 2.64. The fourth-order valence-electron chi connectivity index (χ4n) is 2.21. The van der Waals surface area contributed by atoms with Gasteiger partial charge in [0.05, 0.1) is 29.9 Å². The number of hydrogen-bond donors (Lipinski definition) is 2. The van der Waals surface area contributed by atoms with Crippen molar-refractivity contribution in [2.45, 2.75) is 6.54 Å². The number of anilines is 1. The molecule has 0 radical (unpaired) electrons. The summed E-state index contributed by atoms with van der Waals surface area (Å²) >= 11 is 1.22. The molecule has 24 heavy (non-hydrogen) atoms. The number of aromatic nitrogens is 1. The molecule has 2 N–H and O–H groups in total. The molecule has 1 aromatic carbocycles. The van der Waals surface area contributed by atoms with Crippen molar-refractivity contribution in [3.8, 4) is 16.3 Å². The maximum absolute atomic E-state index is 11.0. The molecule has 0 saturated heterocycles. The third-order valence-electron chi connectivity index (χ3n) is 3.44. The molecule has 6 heteroatoms. The normalized spacial score (nSPS) is 10.4. The van der Waals surface area contributed by atoms with Crippen LogP contribution in [0, 0.1) is 0 Å². The van der Waals surface area contributed by atoms with E-state index in [9.17, 15) is 4.79 Å². The number of benzene rings is 1. The van der Waals surface area contributed by atoms with Crippen LogP contribution in [0.25, 0.3) is 10.6 Å². The van der Waals surface area contributed by atoms with E-state index in [0.717, 1.165) is 27.7 Å². The predicted octanol–water partition coefficient (Wildman–Crippen LogP) is 4.13. The lowest BCUT2D eigenvalue weighted by molar-refractivity contribution is 0.0702. The number of nitrogens with one attached hydrogen (secondary N) is 1. The van der Waals surface area contributed by atoms with E-state index in [4.69, 9.17) is 9.84 Å². The van der Waals surface area contributed by atoms with Gasteiger partial charge in [-0.05, 0) is 48.5 Å². The number of ether oxygens (including phenoxy) is 1.